The van der Waals surface area contributed by atoms with Gasteiger partial charge in [0.05, 0.1) is 30.1 Å². The Morgan fingerprint density at radius 3 is 2.66 bits per heavy atom. The number of aliphatic hydroxyl groups is 1. The molecule has 1 amide bonds. The standard InChI is InChI=1S/C23H23F2N7O3/c1-13-4-19(23(3,24)25)30-32(13)10-20(34)29-16-5-15(6-26-7-16)21(35)18-9-31(14(2)11-33)22-17(18)8-27-12-28-22/h4-9,12,14,33H,10-11H2,1-3H3,(H,29,34)/t14-/m0/s1. The quantitative estimate of drug-likeness (QED) is 0.369. The Morgan fingerprint density at radius 1 is 1.20 bits per heavy atom. The first kappa shape index (κ1) is 24.1. The van der Waals surface area contributed by atoms with E-state index in [-0.39, 0.29) is 36.2 Å². The molecule has 0 aliphatic rings. The van der Waals surface area contributed by atoms with Crippen LogP contribution in [0, 0.1) is 6.92 Å². The molecule has 4 aromatic rings. The van der Waals surface area contributed by atoms with Crippen LogP contribution < -0.4 is 5.32 Å². The van der Waals surface area contributed by atoms with Gasteiger partial charge in [0.25, 0.3) is 5.92 Å². The van der Waals surface area contributed by atoms with Gasteiger partial charge >= 0.3 is 0 Å². The Balaban J connectivity index is 1.56. The number of amides is 1. The van der Waals surface area contributed by atoms with Crippen LogP contribution in [0.5, 0.6) is 0 Å². The maximum absolute atomic E-state index is 13.5. The molecule has 4 aromatic heterocycles. The SMILES string of the molecule is Cc1cc(C(C)(F)F)nn1CC(=O)Nc1cncc(C(=O)c2cn([C@@H](C)CO)c3ncncc23)c1. The fourth-order valence-corrected chi connectivity index (χ4v) is 3.60. The van der Waals surface area contributed by atoms with E-state index in [0.29, 0.717) is 22.3 Å². The number of anilines is 1. The molecule has 4 rings (SSSR count). The normalized spacial score (nSPS) is 12.6. The van der Waals surface area contributed by atoms with E-state index in [9.17, 15) is 23.5 Å². The van der Waals surface area contributed by atoms with Crippen LogP contribution >= 0.6 is 0 Å². The van der Waals surface area contributed by atoms with Gasteiger partial charge in [0, 0.05) is 42.2 Å². The number of fused-ring (bicyclic) bond motifs is 1. The van der Waals surface area contributed by atoms with Crippen molar-refractivity contribution in [3.05, 3.63) is 65.8 Å². The molecular weight excluding hydrogens is 460 g/mol. The predicted molar refractivity (Wildman–Crippen MR) is 122 cm³/mol. The summed E-state index contributed by atoms with van der Waals surface area (Å²) in [6.45, 7) is 3.68. The Morgan fingerprint density at radius 2 is 1.97 bits per heavy atom. The minimum atomic E-state index is -3.12. The number of aromatic nitrogens is 6. The van der Waals surface area contributed by atoms with Gasteiger partial charge in [0.1, 0.15) is 24.2 Å². The van der Waals surface area contributed by atoms with Crippen molar-refractivity contribution < 1.29 is 23.5 Å². The van der Waals surface area contributed by atoms with Gasteiger partial charge in [-0.15, -0.1) is 0 Å². The summed E-state index contributed by atoms with van der Waals surface area (Å²) in [4.78, 5) is 38.1. The van der Waals surface area contributed by atoms with Crippen molar-refractivity contribution in [3.8, 4) is 0 Å². The molecule has 35 heavy (non-hydrogen) atoms. The number of hydrogen-bond donors (Lipinski definition) is 2. The number of aryl methyl sites for hydroxylation is 1. The molecule has 1 atom stereocenters. The van der Waals surface area contributed by atoms with Crippen LogP contribution in [0.3, 0.4) is 0 Å². The number of ketones is 1. The summed E-state index contributed by atoms with van der Waals surface area (Å²) < 4.78 is 29.9. The van der Waals surface area contributed by atoms with Gasteiger partial charge in [-0.1, -0.05) is 0 Å². The molecule has 0 radical (unpaired) electrons. The summed E-state index contributed by atoms with van der Waals surface area (Å²) in [5.41, 5.74) is 1.30. The fraction of sp³-hybridized carbons (Fsp3) is 0.304. The van der Waals surface area contributed by atoms with Crippen LogP contribution in [-0.2, 0) is 17.3 Å². The molecule has 0 aromatic carbocycles. The summed E-state index contributed by atoms with van der Waals surface area (Å²) in [7, 11) is 0. The van der Waals surface area contributed by atoms with Crippen LogP contribution in [0.15, 0.2) is 43.2 Å². The molecule has 0 aliphatic heterocycles. The first-order valence-corrected chi connectivity index (χ1v) is 10.7. The molecule has 0 fully saturated rings. The van der Waals surface area contributed by atoms with Crippen LogP contribution in [0.2, 0.25) is 0 Å². The van der Waals surface area contributed by atoms with E-state index in [4.69, 9.17) is 0 Å². The maximum Gasteiger partial charge on any atom is 0.288 e. The lowest BCUT2D eigenvalue weighted by Crippen LogP contribution is -2.21. The average molecular weight is 483 g/mol. The lowest BCUT2D eigenvalue weighted by atomic mass is 10.1. The van der Waals surface area contributed by atoms with E-state index < -0.39 is 17.5 Å². The van der Waals surface area contributed by atoms with Crippen molar-refractivity contribution in [2.45, 2.75) is 39.3 Å². The molecule has 0 unspecified atom stereocenters. The predicted octanol–water partition coefficient (Wildman–Crippen LogP) is 2.87. The highest BCUT2D eigenvalue weighted by molar-refractivity contribution is 6.16. The van der Waals surface area contributed by atoms with E-state index in [0.717, 1.165) is 6.92 Å². The minimum Gasteiger partial charge on any atom is -0.394 e. The highest BCUT2D eigenvalue weighted by atomic mass is 19.3. The summed E-state index contributed by atoms with van der Waals surface area (Å²) >= 11 is 0. The molecule has 182 valence electrons. The number of rotatable bonds is 8. The lowest BCUT2D eigenvalue weighted by molar-refractivity contribution is -0.117. The summed E-state index contributed by atoms with van der Waals surface area (Å²) in [6.07, 6.45) is 7.23. The summed E-state index contributed by atoms with van der Waals surface area (Å²) in [5, 5.41) is 16.5. The lowest BCUT2D eigenvalue weighted by Gasteiger charge is -2.10. The average Bonchev–Trinajstić information content (AvgIpc) is 3.39. The van der Waals surface area contributed by atoms with Gasteiger partial charge in [-0.05, 0) is 26.0 Å². The zero-order valence-corrected chi connectivity index (χ0v) is 19.2. The molecule has 0 spiro atoms. The Labute approximate surface area is 198 Å². The van der Waals surface area contributed by atoms with Gasteiger partial charge in [-0.3, -0.25) is 19.3 Å². The third-order valence-corrected chi connectivity index (χ3v) is 5.49. The molecule has 0 bridgehead atoms. The fourth-order valence-electron chi connectivity index (χ4n) is 3.60. The highest BCUT2D eigenvalue weighted by Gasteiger charge is 2.28. The number of nitrogens with zero attached hydrogens (tertiary/aromatic N) is 6. The number of pyridine rings is 1. The molecule has 0 saturated carbocycles. The number of alkyl halides is 2. The third kappa shape index (κ3) is 4.92. The second-order valence-electron chi connectivity index (χ2n) is 8.30. The minimum absolute atomic E-state index is 0.141. The molecule has 0 aliphatic carbocycles. The molecular formula is C23H23F2N7O3. The maximum atomic E-state index is 13.5. The van der Waals surface area contributed by atoms with E-state index >= 15 is 0 Å². The van der Waals surface area contributed by atoms with Crippen molar-refractivity contribution in [1.82, 2.24) is 29.3 Å². The third-order valence-electron chi connectivity index (χ3n) is 5.49. The van der Waals surface area contributed by atoms with E-state index in [1.165, 1.54) is 41.7 Å². The Hall–Kier alpha value is -4.06. The van der Waals surface area contributed by atoms with Gasteiger partial charge in [0.2, 0.25) is 5.91 Å². The van der Waals surface area contributed by atoms with E-state index in [2.05, 4.69) is 25.4 Å². The first-order valence-electron chi connectivity index (χ1n) is 10.7. The van der Waals surface area contributed by atoms with Crippen LogP contribution in [0.1, 0.15) is 47.2 Å². The number of hydrogen-bond acceptors (Lipinski definition) is 7. The number of aliphatic hydroxyl groups excluding tert-OH is 1. The monoisotopic (exact) mass is 483 g/mol. The second kappa shape index (κ2) is 9.29. The second-order valence-corrected chi connectivity index (χ2v) is 8.30. The van der Waals surface area contributed by atoms with Crippen molar-refractivity contribution in [1.29, 1.82) is 0 Å². The van der Waals surface area contributed by atoms with Gasteiger partial charge in [-0.2, -0.15) is 13.9 Å². The largest absolute Gasteiger partial charge is 0.394 e. The number of halogens is 2. The highest BCUT2D eigenvalue weighted by Crippen LogP contribution is 2.27. The zero-order chi connectivity index (χ0) is 25.3. The van der Waals surface area contributed by atoms with Crippen molar-refractivity contribution in [2.24, 2.45) is 0 Å². The van der Waals surface area contributed by atoms with Crippen molar-refractivity contribution in [2.75, 3.05) is 11.9 Å². The molecule has 0 saturated heterocycles. The van der Waals surface area contributed by atoms with Crippen LogP contribution in [-0.4, -0.2) is 52.7 Å². The Bertz CT molecular complexity index is 1410. The van der Waals surface area contributed by atoms with Crippen molar-refractivity contribution >= 4 is 28.4 Å². The van der Waals surface area contributed by atoms with E-state index in [1.807, 2.05) is 0 Å². The summed E-state index contributed by atoms with van der Waals surface area (Å²) in [5.74, 6) is -4.00. The van der Waals surface area contributed by atoms with Crippen LogP contribution in [0.4, 0.5) is 14.5 Å². The van der Waals surface area contributed by atoms with E-state index in [1.54, 1.807) is 24.6 Å². The van der Waals surface area contributed by atoms with Gasteiger partial charge < -0.3 is 15.0 Å². The van der Waals surface area contributed by atoms with Crippen molar-refractivity contribution in [3.63, 3.8) is 0 Å². The van der Waals surface area contributed by atoms with Gasteiger partial charge in [-0.25, -0.2) is 9.97 Å². The number of nitrogens with one attached hydrogen (secondary N) is 1. The van der Waals surface area contributed by atoms with Crippen LogP contribution in [0.25, 0.3) is 11.0 Å². The first-order chi connectivity index (χ1) is 16.6. The Kier molecular flexibility index (Phi) is 6.39. The van der Waals surface area contributed by atoms with Gasteiger partial charge in [0.15, 0.2) is 5.78 Å². The molecule has 10 nitrogen and oxygen atoms in total. The number of carbonyl (C=O) groups excluding carboxylic acids is 2. The molecule has 12 heteroatoms. The molecule has 2 N–H and O–H groups in total. The molecule has 4 heterocycles. The number of carbonyl (C=O) groups is 2. The smallest absolute Gasteiger partial charge is 0.288 e. The topological polar surface area (TPSA) is 128 Å². The summed E-state index contributed by atoms with van der Waals surface area (Å²) in [6, 6.07) is 2.39. The zero-order valence-electron chi connectivity index (χ0n) is 19.2.